The number of hydrogen-bond acceptors (Lipinski definition) is 8. The molecule has 2 atom stereocenters. The Morgan fingerprint density at radius 3 is 1.39 bits per heavy atom. The predicted octanol–water partition coefficient (Wildman–Crippen LogP) is 7.24. The van der Waals surface area contributed by atoms with E-state index >= 15 is 0 Å². The van der Waals surface area contributed by atoms with Gasteiger partial charge in [0.1, 0.15) is 11.5 Å². The fourth-order valence-electron chi connectivity index (χ4n) is 4.97. The smallest absolute Gasteiger partial charge is 0.339 e. The van der Waals surface area contributed by atoms with Crippen molar-refractivity contribution in [3.8, 4) is 11.5 Å². The van der Waals surface area contributed by atoms with Crippen LogP contribution in [0.4, 0.5) is 5.69 Å². The maximum atomic E-state index is 13.6. The maximum Gasteiger partial charge on any atom is 0.339 e. The summed E-state index contributed by atoms with van der Waals surface area (Å²) in [7, 11) is 0. The van der Waals surface area contributed by atoms with E-state index in [-0.39, 0.29) is 16.8 Å². The lowest BCUT2D eigenvalue weighted by atomic mass is 10.2. The number of benzene rings is 3. The summed E-state index contributed by atoms with van der Waals surface area (Å²) in [6, 6.07) is 19.4. The fourth-order valence-corrected chi connectivity index (χ4v) is 4.97. The average Bonchev–Trinajstić information content (AvgIpc) is 3.29. The lowest BCUT2D eigenvalue weighted by Gasteiger charge is -2.17. The molecule has 9 heteroatoms. The highest BCUT2D eigenvalue weighted by molar-refractivity contribution is 6.25. The summed E-state index contributed by atoms with van der Waals surface area (Å²) < 4.78 is 22.6. The lowest BCUT2D eigenvalue weighted by Crippen LogP contribution is -2.37. The third-order valence-corrected chi connectivity index (χ3v) is 7.68. The number of imide groups is 1. The van der Waals surface area contributed by atoms with Gasteiger partial charge >= 0.3 is 11.9 Å². The van der Waals surface area contributed by atoms with Gasteiger partial charge in [0.2, 0.25) is 12.2 Å². The number of esters is 2. The van der Waals surface area contributed by atoms with Crippen LogP contribution in [-0.2, 0) is 19.1 Å². The van der Waals surface area contributed by atoms with E-state index in [1.165, 1.54) is 24.3 Å². The number of carbonyl (C=O) groups is 4. The first-order valence-electron chi connectivity index (χ1n) is 16.1. The zero-order valence-electron chi connectivity index (χ0n) is 26.9. The number of hydrogen-bond donors (Lipinski definition) is 0. The topological polar surface area (TPSA) is 108 Å². The van der Waals surface area contributed by atoms with Crippen molar-refractivity contribution in [1.29, 1.82) is 0 Å². The van der Waals surface area contributed by atoms with Crippen molar-refractivity contribution < 1.29 is 38.1 Å². The number of rotatable bonds is 17. The molecule has 244 valence electrons. The number of unbranched alkanes of at least 4 members (excludes halogenated alkanes) is 6. The number of nitrogens with zero attached hydrogens (tertiary/aromatic N) is 1. The summed E-state index contributed by atoms with van der Waals surface area (Å²) in [5, 5.41) is 0. The minimum atomic E-state index is -1.68. The molecule has 9 nitrogen and oxygen atoms in total. The molecule has 3 aromatic carbocycles. The molecule has 3 aromatic rings. The van der Waals surface area contributed by atoms with Crippen LogP contribution < -0.4 is 14.4 Å². The Kier molecular flexibility index (Phi) is 12.8. The van der Waals surface area contributed by atoms with Gasteiger partial charge in [-0.25, -0.2) is 14.5 Å². The first kappa shape index (κ1) is 34.2. The van der Waals surface area contributed by atoms with Gasteiger partial charge in [0.25, 0.3) is 11.8 Å². The Hall–Kier alpha value is -4.66. The molecular formula is C37H43NO8. The first-order valence-corrected chi connectivity index (χ1v) is 16.1. The molecule has 1 aliphatic rings. The second-order valence-corrected chi connectivity index (χ2v) is 11.4. The Balaban J connectivity index is 1.46. The standard InChI is InChI=1S/C37H43NO8/c1-4-6-8-10-24-43-30-20-14-27(15-21-30)36(41)45-32-33(35(40)38(34(32)39)29-18-12-26(3)13-19-29)46-37(42)28-16-22-31(23-17-28)44-25-11-9-7-5-2/h12-23,32-33H,4-11,24-25H2,1-3H3/t32-,33-/m1/s1. The molecule has 0 radical (unpaired) electrons. The van der Waals surface area contributed by atoms with E-state index in [0.29, 0.717) is 24.7 Å². The van der Waals surface area contributed by atoms with Gasteiger partial charge < -0.3 is 18.9 Å². The van der Waals surface area contributed by atoms with Gasteiger partial charge in [0, 0.05) is 0 Å². The maximum absolute atomic E-state index is 13.6. The van der Waals surface area contributed by atoms with E-state index in [0.717, 1.165) is 61.8 Å². The highest BCUT2D eigenvalue weighted by Crippen LogP contribution is 2.29. The Bertz CT molecular complexity index is 1360. The van der Waals surface area contributed by atoms with Gasteiger partial charge in [0.15, 0.2) is 0 Å². The lowest BCUT2D eigenvalue weighted by molar-refractivity contribution is -0.130. The van der Waals surface area contributed by atoms with Gasteiger partial charge in [-0.3, -0.25) is 9.59 Å². The fraction of sp³-hybridized carbons (Fsp3) is 0.405. The highest BCUT2D eigenvalue weighted by Gasteiger charge is 2.53. The second-order valence-electron chi connectivity index (χ2n) is 11.4. The molecular weight excluding hydrogens is 586 g/mol. The molecule has 0 saturated carbocycles. The zero-order valence-corrected chi connectivity index (χ0v) is 26.9. The third kappa shape index (κ3) is 9.19. The van der Waals surface area contributed by atoms with Gasteiger partial charge in [-0.2, -0.15) is 0 Å². The quantitative estimate of drug-likeness (QED) is 0.0874. The normalized spacial score (nSPS) is 15.9. The van der Waals surface area contributed by atoms with E-state index in [2.05, 4.69) is 13.8 Å². The van der Waals surface area contributed by atoms with Crippen LogP contribution in [0, 0.1) is 6.92 Å². The highest BCUT2D eigenvalue weighted by atomic mass is 16.6. The van der Waals surface area contributed by atoms with E-state index < -0.39 is 36.0 Å². The molecule has 0 aliphatic carbocycles. The van der Waals surface area contributed by atoms with Crippen LogP contribution in [0.25, 0.3) is 0 Å². The SMILES string of the molecule is CCCCCCOc1ccc(C(=O)O[C@H]2C(=O)N(c3ccc(C)cc3)C(=O)[C@@H]2OC(=O)c2ccc(OCCCCCC)cc2)cc1. The van der Waals surface area contributed by atoms with Gasteiger partial charge in [-0.05, 0) is 80.4 Å². The van der Waals surface area contributed by atoms with Gasteiger partial charge in [0.05, 0.1) is 30.0 Å². The predicted molar refractivity (Wildman–Crippen MR) is 174 cm³/mol. The Morgan fingerprint density at radius 1 is 0.587 bits per heavy atom. The van der Waals surface area contributed by atoms with Crippen LogP contribution >= 0.6 is 0 Å². The molecule has 4 rings (SSSR count). The summed E-state index contributed by atoms with van der Waals surface area (Å²) in [6.07, 6.45) is 5.25. The monoisotopic (exact) mass is 629 g/mol. The minimum absolute atomic E-state index is 0.155. The molecule has 1 heterocycles. The van der Waals surface area contributed by atoms with E-state index in [9.17, 15) is 19.2 Å². The largest absolute Gasteiger partial charge is 0.494 e. The number of aryl methyl sites for hydroxylation is 1. The number of amides is 2. The molecule has 0 spiro atoms. The minimum Gasteiger partial charge on any atom is -0.494 e. The molecule has 1 fully saturated rings. The van der Waals surface area contributed by atoms with Crippen LogP contribution in [0.5, 0.6) is 11.5 Å². The van der Waals surface area contributed by atoms with Crippen LogP contribution in [0.1, 0.15) is 91.5 Å². The van der Waals surface area contributed by atoms with Crippen molar-refractivity contribution in [1.82, 2.24) is 0 Å². The van der Waals surface area contributed by atoms with Crippen molar-refractivity contribution >= 4 is 29.4 Å². The van der Waals surface area contributed by atoms with Gasteiger partial charge in [-0.1, -0.05) is 70.1 Å². The van der Waals surface area contributed by atoms with Crippen molar-refractivity contribution in [3.05, 3.63) is 89.5 Å². The average molecular weight is 630 g/mol. The summed E-state index contributed by atoms with van der Waals surface area (Å²) in [6.45, 7) is 7.30. The van der Waals surface area contributed by atoms with Crippen molar-refractivity contribution in [2.24, 2.45) is 0 Å². The summed E-state index contributed by atoms with van der Waals surface area (Å²) in [5.41, 5.74) is 1.52. The molecule has 0 bridgehead atoms. The first-order chi connectivity index (χ1) is 22.3. The third-order valence-electron chi connectivity index (χ3n) is 7.68. The van der Waals surface area contributed by atoms with Crippen molar-refractivity contribution in [3.63, 3.8) is 0 Å². The van der Waals surface area contributed by atoms with E-state index in [4.69, 9.17) is 18.9 Å². The molecule has 0 N–H and O–H groups in total. The molecule has 1 saturated heterocycles. The molecule has 2 amide bonds. The van der Waals surface area contributed by atoms with E-state index in [1.807, 2.05) is 6.92 Å². The van der Waals surface area contributed by atoms with Crippen molar-refractivity contribution in [2.75, 3.05) is 18.1 Å². The number of carbonyl (C=O) groups excluding carboxylic acids is 4. The summed E-state index contributed by atoms with van der Waals surface area (Å²) in [4.78, 5) is 54.3. The Morgan fingerprint density at radius 2 is 1.00 bits per heavy atom. The zero-order chi connectivity index (χ0) is 32.9. The molecule has 0 unspecified atom stereocenters. The van der Waals surface area contributed by atoms with Crippen LogP contribution in [0.2, 0.25) is 0 Å². The van der Waals surface area contributed by atoms with Crippen LogP contribution in [0.3, 0.4) is 0 Å². The Labute approximate surface area is 270 Å². The molecule has 0 aromatic heterocycles. The summed E-state index contributed by atoms with van der Waals surface area (Å²) in [5.74, 6) is -2.09. The number of anilines is 1. The number of ether oxygens (including phenoxy) is 4. The van der Waals surface area contributed by atoms with E-state index in [1.54, 1.807) is 48.5 Å². The second kappa shape index (κ2) is 17.1. The van der Waals surface area contributed by atoms with Crippen LogP contribution in [-0.4, -0.2) is 49.2 Å². The molecule has 1 aliphatic heterocycles. The van der Waals surface area contributed by atoms with Crippen LogP contribution in [0.15, 0.2) is 72.8 Å². The summed E-state index contributed by atoms with van der Waals surface area (Å²) >= 11 is 0. The van der Waals surface area contributed by atoms with Gasteiger partial charge in [-0.15, -0.1) is 0 Å². The van der Waals surface area contributed by atoms with Crippen molar-refractivity contribution in [2.45, 2.75) is 84.3 Å². The molecule has 46 heavy (non-hydrogen) atoms.